The quantitative estimate of drug-likeness (QED) is 0.735. The molecule has 7 nitrogen and oxygen atoms in total. The van der Waals surface area contributed by atoms with Crippen molar-refractivity contribution in [2.75, 3.05) is 29.0 Å². The minimum atomic E-state index is 0.0515. The number of anilines is 3. The van der Waals surface area contributed by atoms with E-state index in [0.29, 0.717) is 17.3 Å². The lowest BCUT2D eigenvalue weighted by Gasteiger charge is -2.20. The summed E-state index contributed by atoms with van der Waals surface area (Å²) in [4.78, 5) is 9.58. The van der Waals surface area contributed by atoms with Crippen molar-refractivity contribution in [1.82, 2.24) is 9.97 Å². The molecule has 0 aromatic carbocycles. The summed E-state index contributed by atoms with van der Waals surface area (Å²) in [5, 5.41) is 20.5. The zero-order chi connectivity index (χ0) is 13.5. The van der Waals surface area contributed by atoms with Crippen LogP contribution in [0.3, 0.4) is 0 Å². The van der Waals surface area contributed by atoms with Crippen LogP contribution in [-0.2, 0) is 0 Å². The molecule has 0 aliphatic heterocycles. The summed E-state index contributed by atoms with van der Waals surface area (Å²) in [6.45, 7) is 4.03. The third-order valence-corrected chi connectivity index (χ3v) is 2.11. The number of nitriles is 2. The molecule has 94 valence electrons. The van der Waals surface area contributed by atoms with E-state index in [0.717, 1.165) is 0 Å². The molecule has 0 saturated heterocycles. The molecule has 18 heavy (non-hydrogen) atoms. The zero-order valence-corrected chi connectivity index (χ0v) is 10.4. The Bertz CT molecular complexity index is 467. The summed E-state index contributed by atoms with van der Waals surface area (Å²) in [5.74, 6) is 0.909. The maximum Gasteiger partial charge on any atom is 0.159 e. The van der Waals surface area contributed by atoms with E-state index >= 15 is 0 Å². The van der Waals surface area contributed by atoms with Crippen molar-refractivity contribution in [2.45, 2.75) is 19.9 Å². The van der Waals surface area contributed by atoms with Crippen molar-refractivity contribution >= 4 is 17.3 Å². The number of nitrogen functional groups attached to an aromatic ring is 1. The molecule has 0 unspecified atom stereocenters. The number of nitrogens with zero attached hydrogens (tertiary/aromatic N) is 5. The van der Waals surface area contributed by atoms with Gasteiger partial charge in [0, 0.05) is 6.04 Å². The average molecular weight is 245 g/mol. The molecule has 0 atom stereocenters. The predicted molar refractivity (Wildman–Crippen MR) is 68.6 cm³/mol. The van der Waals surface area contributed by atoms with Crippen LogP contribution < -0.4 is 16.0 Å². The normalized spacial score (nSPS) is 9.61. The van der Waals surface area contributed by atoms with Crippen LogP contribution in [0.5, 0.6) is 0 Å². The van der Waals surface area contributed by atoms with Gasteiger partial charge in [0.15, 0.2) is 11.6 Å². The molecule has 0 amide bonds. The minimum Gasteiger partial charge on any atom is -0.393 e. The van der Waals surface area contributed by atoms with E-state index in [1.54, 1.807) is 0 Å². The van der Waals surface area contributed by atoms with Crippen LogP contribution in [-0.4, -0.2) is 29.1 Å². The highest BCUT2D eigenvalue weighted by atomic mass is 15.2. The lowest BCUT2D eigenvalue weighted by atomic mass is 10.3. The Kier molecular flexibility index (Phi) is 4.70. The molecule has 0 bridgehead atoms. The highest BCUT2D eigenvalue weighted by Gasteiger charge is 2.15. The maximum absolute atomic E-state index is 8.73. The van der Waals surface area contributed by atoms with Gasteiger partial charge < -0.3 is 16.0 Å². The number of hydrogen-bond acceptors (Lipinski definition) is 7. The fourth-order valence-electron chi connectivity index (χ4n) is 1.40. The van der Waals surface area contributed by atoms with Gasteiger partial charge in [-0.15, -0.1) is 0 Å². The molecule has 0 spiro atoms. The first-order valence-corrected chi connectivity index (χ1v) is 5.46. The van der Waals surface area contributed by atoms with Gasteiger partial charge in [0.2, 0.25) is 0 Å². The third-order valence-electron chi connectivity index (χ3n) is 2.11. The molecule has 3 N–H and O–H groups in total. The van der Waals surface area contributed by atoms with Crippen LogP contribution >= 0.6 is 0 Å². The van der Waals surface area contributed by atoms with E-state index in [1.165, 1.54) is 11.2 Å². The van der Waals surface area contributed by atoms with Crippen molar-refractivity contribution in [1.29, 1.82) is 10.5 Å². The standard InChI is InChI=1S/C11H15N7/c1-8(2)17-10-9(14)11(16-7-15-10)18(5-3-12)6-4-13/h7-8H,5-6,14H2,1-2H3,(H,15,16,17). The summed E-state index contributed by atoms with van der Waals surface area (Å²) in [7, 11) is 0. The lowest BCUT2D eigenvalue weighted by Crippen LogP contribution is -2.26. The first-order valence-electron chi connectivity index (χ1n) is 5.46. The van der Waals surface area contributed by atoms with E-state index in [2.05, 4.69) is 15.3 Å². The first kappa shape index (κ1) is 13.5. The molecule has 1 heterocycles. The SMILES string of the molecule is CC(C)Nc1ncnc(N(CC#N)CC#N)c1N. The van der Waals surface area contributed by atoms with Gasteiger partial charge in [-0.05, 0) is 13.8 Å². The van der Waals surface area contributed by atoms with Crippen LogP contribution in [0.15, 0.2) is 6.33 Å². The van der Waals surface area contributed by atoms with Gasteiger partial charge >= 0.3 is 0 Å². The molecular weight excluding hydrogens is 230 g/mol. The Morgan fingerprint density at radius 2 is 1.94 bits per heavy atom. The minimum absolute atomic E-state index is 0.0515. The third kappa shape index (κ3) is 3.22. The van der Waals surface area contributed by atoms with Crippen LogP contribution in [0.2, 0.25) is 0 Å². The van der Waals surface area contributed by atoms with Gasteiger partial charge in [-0.2, -0.15) is 10.5 Å². The van der Waals surface area contributed by atoms with Gasteiger partial charge in [-0.3, -0.25) is 0 Å². The Hall–Kier alpha value is -2.54. The number of nitrogens with one attached hydrogen (secondary N) is 1. The first-order chi connectivity index (χ1) is 8.60. The van der Waals surface area contributed by atoms with Crippen molar-refractivity contribution in [3.63, 3.8) is 0 Å². The lowest BCUT2D eigenvalue weighted by molar-refractivity contribution is 0.880. The smallest absolute Gasteiger partial charge is 0.159 e. The molecule has 1 aromatic heterocycles. The highest BCUT2D eigenvalue weighted by Crippen LogP contribution is 2.26. The Morgan fingerprint density at radius 1 is 1.33 bits per heavy atom. The van der Waals surface area contributed by atoms with Crippen molar-refractivity contribution in [3.8, 4) is 12.1 Å². The van der Waals surface area contributed by atoms with Crippen molar-refractivity contribution < 1.29 is 0 Å². The molecule has 0 aliphatic carbocycles. The molecule has 1 aromatic rings. The van der Waals surface area contributed by atoms with E-state index in [9.17, 15) is 0 Å². The Labute approximate surface area is 106 Å². The highest BCUT2D eigenvalue weighted by molar-refractivity contribution is 5.75. The largest absolute Gasteiger partial charge is 0.393 e. The van der Waals surface area contributed by atoms with Gasteiger partial charge in [0.25, 0.3) is 0 Å². The van der Waals surface area contributed by atoms with Crippen LogP contribution in [0, 0.1) is 22.7 Å². The summed E-state index contributed by atoms with van der Waals surface area (Å²) in [6.07, 6.45) is 1.36. The fraction of sp³-hybridized carbons (Fsp3) is 0.455. The van der Waals surface area contributed by atoms with E-state index in [1.807, 2.05) is 26.0 Å². The monoisotopic (exact) mass is 245 g/mol. The zero-order valence-electron chi connectivity index (χ0n) is 10.4. The molecule has 0 radical (unpaired) electrons. The molecule has 7 heteroatoms. The average Bonchev–Trinajstić information content (AvgIpc) is 2.31. The van der Waals surface area contributed by atoms with Crippen molar-refractivity contribution in [2.24, 2.45) is 0 Å². The van der Waals surface area contributed by atoms with Gasteiger partial charge in [-0.1, -0.05) is 0 Å². The number of aromatic nitrogens is 2. The number of nitrogens with two attached hydrogens (primary N) is 1. The van der Waals surface area contributed by atoms with Gasteiger partial charge in [0.05, 0.1) is 12.1 Å². The van der Waals surface area contributed by atoms with Crippen molar-refractivity contribution in [3.05, 3.63) is 6.33 Å². The van der Waals surface area contributed by atoms with Gasteiger partial charge in [-0.25, -0.2) is 9.97 Å². The molecule has 0 saturated carbocycles. The second kappa shape index (κ2) is 6.26. The maximum atomic E-state index is 8.73. The summed E-state index contributed by atoms with van der Waals surface area (Å²) < 4.78 is 0. The predicted octanol–water partition coefficient (Wildman–Crippen LogP) is 0.733. The summed E-state index contributed by atoms with van der Waals surface area (Å²) in [6, 6.07) is 4.13. The molecule has 0 aliphatic rings. The second-order valence-electron chi connectivity index (χ2n) is 3.93. The molecular formula is C11H15N7. The summed E-state index contributed by atoms with van der Waals surface area (Å²) >= 11 is 0. The van der Waals surface area contributed by atoms with Crippen LogP contribution in [0.25, 0.3) is 0 Å². The van der Waals surface area contributed by atoms with E-state index in [-0.39, 0.29) is 19.1 Å². The Morgan fingerprint density at radius 3 is 2.44 bits per heavy atom. The fourth-order valence-corrected chi connectivity index (χ4v) is 1.40. The second-order valence-corrected chi connectivity index (χ2v) is 3.93. The van der Waals surface area contributed by atoms with E-state index in [4.69, 9.17) is 16.3 Å². The number of rotatable bonds is 5. The van der Waals surface area contributed by atoms with Gasteiger partial charge in [0.1, 0.15) is 25.1 Å². The topological polar surface area (TPSA) is 115 Å². The molecule has 1 rings (SSSR count). The van der Waals surface area contributed by atoms with Crippen LogP contribution in [0.1, 0.15) is 13.8 Å². The Balaban J connectivity index is 3.08. The van der Waals surface area contributed by atoms with Crippen LogP contribution in [0.4, 0.5) is 17.3 Å². The summed E-state index contributed by atoms with van der Waals surface area (Å²) in [5.41, 5.74) is 6.29. The molecule has 0 fully saturated rings. The van der Waals surface area contributed by atoms with E-state index < -0.39 is 0 Å². The number of hydrogen-bond donors (Lipinski definition) is 2.